The molecule has 4 rings (SSSR count). The van der Waals surface area contributed by atoms with Gasteiger partial charge in [-0.25, -0.2) is 4.79 Å². The zero-order valence-corrected chi connectivity index (χ0v) is 14.2. The van der Waals surface area contributed by atoms with Gasteiger partial charge in [0.2, 0.25) is 0 Å². The highest BCUT2D eigenvalue weighted by molar-refractivity contribution is 9.10. The first-order chi connectivity index (χ1) is 11.1. The number of halogens is 2. The number of H-pyrrole nitrogens is 1. The Morgan fingerprint density at radius 3 is 2.83 bits per heavy atom. The average molecular weight is 393 g/mol. The zero-order chi connectivity index (χ0) is 16.1. The Labute approximate surface area is 144 Å². The highest BCUT2D eigenvalue weighted by Crippen LogP contribution is 2.42. The molecule has 116 valence electrons. The molecule has 0 radical (unpaired) electrons. The Bertz CT molecular complexity index is 1050. The molecule has 1 N–H and O–H groups in total. The van der Waals surface area contributed by atoms with Gasteiger partial charge in [0.25, 0.3) is 5.56 Å². The van der Waals surface area contributed by atoms with E-state index in [1.807, 2.05) is 0 Å². The maximum absolute atomic E-state index is 12.5. The third-order valence-corrected chi connectivity index (χ3v) is 5.23. The van der Waals surface area contributed by atoms with Gasteiger partial charge in [-0.2, -0.15) is 0 Å². The minimum absolute atomic E-state index is 0.372. The van der Waals surface area contributed by atoms with E-state index >= 15 is 0 Å². The van der Waals surface area contributed by atoms with Gasteiger partial charge in [-0.3, -0.25) is 19.3 Å². The van der Waals surface area contributed by atoms with Crippen LogP contribution in [0.25, 0.3) is 16.6 Å². The molecule has 0 bridgehead atoms. The molecule has 2 aromatic heterocycles. The number of hydrogen-bond acceptors (Lipinski definition) is 3. The van der Waals surface area contributed by atoms with Crippen molar-refractivity contribution in [1.29, 1.82) is 0 Å². The summed E-state index contributed by atoms with van der Waals surface area (Å²) in [6, 6.07) is 5.06. The van der Waals surface area contributed by atoms with Crippen molar-refractivity contribution in [3.05, 3.63) is 66.5 Å². The Morgan fingerprint density at radius 2 is 2.09 bits per heavy atom. The molecule has 7 heteroatoms. The lowest BCUT2D eigenvalue weighted by Gasteiger charge is -2.14. The molecule has 0 spiro atoms. The SMILES string of the molecule is O=c1[nH]c(=O)n(-c2ccncc2C2CC2)c2cc(Br)c(Cl)cc12. The van der Waals surface area contributed by atoms with E-state index in [2.05, 4.69) is 25.9 Å². The fourth-order valence-corrected chi connectivity index (χ4v) is 3.28. The molecule has 0 atom stereocenters. The van der Waals surface area contributed by atoms with E-state index in [1.54, 1.807) is 30.6 Å². The molecular formula is C16H11BrClN3O2. The van der Waals surface area contributed by atoms with Gasteiger partial charge < -0.3 is 0 Å². The molecule has 0 aliphatic heterocycles. The number of aromatic amines is 1. The summed E-state index contributed by atoms with van der Waals surface area (Å²) in [5.41, 5.74) is 1.38. The minimum Gasteiger partial charge on any atom is -0.273 e. The van der Waals surface area contributed by atoms with Crippen molar-refractivity contribution in [3.8, 4) is 5.69 Å². The van der Waals surface area contributed by atoms with Crippen molar-refractivity contribution in [3.63, 3.8) is 0 Å². The van der Waals surface area contributed by atoms with Crippen molar-refractivity contribution in [1.82, 2.24) is 14.5 Å². The molecule has 3 aromatic rings. The molecule has 1 aromatic carbocycles. The summed E-state index contributed by atoms with van der Waals surface area (Å²) in [7, 11) is 0. The smallest absolute Gasteiger partial charge is 0.273 e. The lowest BCUT2D eigenvalue weighted by Crippen LogP contribution is -2.29. The average Bonchev–Trinajstić information content (AvgIpc) is 3.35. The van der Waals surface area contributed by atoms with Crippen LogP contribution in [0.1, 0.15) is 24.3 Å². The van der Waals surface area contributed by atoms with Gasteiger partial charge in [0, 0.05) is 16.9 Å². The summed E-state index contributed by atoms with van der Waals surface area (Å²) < 4.78 is 2.15. The Morgan fingerprint density at radius 1 is 1.30 bits per heavy atom. The van der Waals surface area contributed by atoms with Gasteiger partial charge in [-0.05, 0) is 58.5 Å². The molecule has 0 amide bonds. The highest BCUT2D eigenvalue weighted by atomic mass is 79.9. The number of nitrogens with one attached hydrogen (secondary N) is 1. The van der Waals surface area contributed by atoms with Gasteiger partial charge in [0.15, 0.2) is 0 Å². The molecule has 1 saturated carbocycles. The third kappa shape index (κ3) is 2.42. The van der Waals surface area contributed by atoms with Crippen molar-refractivity contribution in [2.45, 2.75) is 18.8 Å². The number of fused-ring (bicyclic) bond motifs is 1. The first kappa shape index (κ1) is 14.7. The van der Waals surface area contributed by atoms with Crippen LogP contribution in [0.2, 0.25) is 5.02 Å². The van der Waals surface area contributed by atoms with E-state index in [4.69, 9.17) is 11.6 Å². The molecule has 1 aliphatic carbocycles. The molecule has 2 heterocycles. The van der Waals surface area contributed by atoms with Crippen molar-refractivity contribution in [2.24, 2.45) is 0 Å². The monoisotopic (exact) mass is 391 g/mol. The Kier molecular flexibility index (Phi) is 3.39. The molecule has 5 nitrogen and oxygen atoms in total. The predicted octanol–water partition coefficient (Wildman–Crippen LogP) is 3.37. The molecular weight excluding hydrogens is 382 g/mol. The van der Waals surface area contributed by atoms with Gasteiger partial charge in [0.1, 0.15) is 0 Å². The first-order valence-electron chi connectivity index (χ1n) is 7.14. The number of pyridine rings is 1. The Hall–Kier alpha value is -1.92. The largest absolute Gasteiger partial charge is 0.333 e. The van der Waals surface area contributed by atoms with Gasteiger partial charge in [0.05, 0.1) is 21.6 Å². The second-order valence-electron chi connectivity index (χ2n) is 5.59. The summed E-state index contributed by atoms with van der Waals surface area (Å²) in [4.78, 5) is 31.2. The number of aromatic nitrogens is 3. The lowest BCUT2D eigenvalue weighted by molar-refractivity contribution is 0.913. The van der Waals surface area contributed by atoms with Crippen LogP contribution in [0.15, 0.2) is 44.7 Å². The topological polar surface area (TPSA) is 67.8 Å². The second kappa shape index (κ2) is 5.32. The van der Waals surface area contributed by atoms with Crippen LogP contribution in [0.3, 0.4) is 0 Å². The van der Waals surface area contributed by atoms with Crippen LogP contribution in [0, 0.1) is 0 Å². The highest BCUT2D eigenvalue weighted by Gasteiger charge is 2.27. The van der Waals surface area contributed by atoms with E-state index < -0.39 is 11.2 Å². The summed E-state index contributed by atoms with van der Waals surface area (Å²) >= 11 is 9.45. The van der Waals surface area contributed by atoms with E-state index in [0.717, 1.165) is 24.1 Å². The summed E-state index contributed by atoms with van der Waals surface area (Å²) in [5, 5.41) is 0.793. The van der Waals surface area contributed by atoms with E-state index in [1.165, 1.54) is 4.57 Å². The zero-order valence-electron chi connectivity index (χ0n) is 11.8. The fraction of sp³-hybridized carbons (Fsp3) is 0.188. The van der Waals surface area contributed by atoms with Gasteiger partial charge in [-0.1, -0.05) is 11.6 Å². The van der Waals surface area contributed by atoms with Crippen molar-refractivity contribution >= 4 is 38.4 Å². The lowest BCUT2D eigenvalue weighted by atomic mass is 10.1. The summed E-state index contributed by atoms with van der Waals surface area (Å²) in [5.74, 6) is 0.420. The summed E-state index contributed by atoms with van der Waals surface area (Å²) in [6.07, 6.45) is 5.62. The maximum Gasteiger partial charge on any atom is 0.333 e. The minimum atomic E-state index is -0.468. The number of nitrogens with zero attached hydrogens (tertiary/aromatic N) is 2. The molecule has 0 unspecified atom stereocenters. The van der Waals surface area contributed by atoms with Crippen LogP contribution in [-0.2, 0) is 0 Å². The second-order valence-corrected chi connectivity index (χ2v) is 6.85. The van der Waals surface area contributed by atoms with Crippen molar-refractivity contribution in [2.75, 3.05) is 0 Å². The fourth-order valence-electron chi connectivity index (χ4n) is 2.78. The van der Waals surface area contributed by atoms with Crippen molar-refractivity contribution < 1.29 is 0 Å². The van der Waals surface area contributed by atoms with Gasteiger partial charge >= 0.3 is 5.69 Å². The normalized spacial score (nSPS) is 14.3. The van der Waals surface area contributed by atoms with E-state index in [0.29, 0.717) is 26.3 Å². The first-order valence-corrected chi connectivity index (χ1v) is 8.31. The van der Waals surface area contributed by atoms with Crippen LogP contribution in [-0.4, -0.2) is 14.5 Å². The predicted molar refractivity (Wildman–Crippen MR) is 92.6 cm³/mol. The number of rotatable bonds is 2. The molecule has 23 heavy (non-hydrogen) atoms. The third-order valence-electron chi connectivity index (χ3n) is 4.03. The number of hydrogen-bond donors (Lipinski definition) is 1. The summed E-state index contributed by atoms with van der Waals surface area (Å²) in [6.45, 7) is 0. The number of benzene rings is 1. The van der Waals surface area contributed by atoms with E-state index in [9.17, 15) is 9.59 Å². The quantitative estimate of drug-likeness (QED) is 0.727. The Balaban J connectivity index is 2.14. The standard InChI is InChI=1S/C16H11BrClN3O2/c17-11-6-14-9(5-12(11)18)15(22)20-16(23)21(14)13-3-4-19-7-10(13)8-1-2-8/h3-8H,1-2H2,(H,20,22,23). The van der Waals surface area contributed by atoms with Crippen LogP contribution >= 0.6 is 27.5 Å². The molecule has 1 fully saturated rings. The van der Waals surface area contributed by atoms with E-state index in [-0.39, 0.29) is 0 Å². The van der Waals surface area contributed by atoms with Crippen LogP contribution < -0.4 is 11.2 Å². The van der Waals surface area contributed by atoms with Crippen LogP contribution in [0.4, 0.5) is 0 Å². The van der Waals surface area contributed by atoms with Crippen LogP contribution in [0.5, 0.6) is 0 Å². The van der Waals surface area contributed by atoms with Gasteiger partial charge in [-0.15, -0.1) is 0 Å². The maximum atomic E-state index is 12.5. The molecule has 1 aliphatic rings. The molecule has 0 saturated heterocycles.